The lowest BCUT2D eigenvalue weighted by atomic mass is 10.00. The van der Waals surface area contributed by atoms with Crippen molar-refractivity contribution in [1.29, 1.82) is 0 Å². The molecular formula is C15H26N2O. The highest BCUT2D eigenvalue weighted by molar-refractivity contribution is 5.31. The Bertz CT molecular complexity index is 357. The molecule has 102 valence electrons. The maximum absolute atomic E-state index is 9.40. The minimum atomic E-state index is -0.287. The lowest BCUT2D eigenvalue weighted by Crippen LogP contribution is -2.36. The predicted octanol–water partition coefficient (Wildman–Crippen LogP) is 2.05. The van der Waals surface area contributed by atoms with Gasteiger partial charge in [0, 0.05) is 18.6 Å². The van der Waals surface area contributed by atoms with Gasteiger partial charge >= 0.3 is 0 Å². The van der Waals surface area contributed by atoms with E-state index in [1.807, 2.05) is 6.92 Å². The molecule has 0 aliphatic heterocycles. The molecule has 0 saturated carbocycles. The summed E-state index contributed by atoms with van der Waals surface area (Å²) in [5.41, 5.74) is 9.60. The van der Waals surface area contributed by atoms with Crippen molar-refractivity contribution in [3.8, 4) is 0 Å². The van der Waals surface area contributed by atoms with Gasteiger partial charge < -0.3 is 16.2 Å². The Morgan fingerprint density at radius 1 is 1.17 bits per heavy atom. The van der Waals surface area contributed by atoms with Crippen molar-refractivity contribution >= 4 is 0 Å². The molecule has 3 atom stereocenters. The van der Waals surface area contributed by atoms with Gasteiger partial charge in [-0.15, -0.1) is 0 Å². The summed E-state index contributed by atoms with van der Waals surface area (Å²) in [5, 5.41) is 12.9. The van der Waals surface area contributed by atoms with Crippen molar-refractivity contribution < 1.29 is 5.11 Å². The van der Waals surface area contributed by atoms with Gasteiger partial charge in [-0.3, -0.25) is 0 Å². The van der Waals surface area contributed by atoms with Gasteiger partial charge in [0.25, 0.3) is 0 Å². The zero-order valence-electron chi connectivity index (χ0n) is 11.9. The van der Waals surface area contributed by atoms with E-state index >= 15 is 0 Å². The SMILES string of the molecule is Cc1cc(C)cc(C(CN)NC(C)CC(C)O)c1. The lowest BCUT2D eigenvalue weighted by Gasteiger charge is -2.24. The minimum Gasteiger partial charge on any atom is -0.393 e. The first-order valence-corrected chi connectivity index (χ1v) is 6.64. The second-order valence-corrected chi connectivity index (χ2v) is 5.36. The largest absolute Gasteiger partial charge is 0.393 e. The molecule has 0 saturated heterocycles. The molecule has 0 aliphatic rings. The lowest BCUT2D eigenvalue weighted by molar-refractivity contribution is 0.168. The first-order valence-electron chi connectivity index (χ1n) is 6.64. The highest BCUT2D eigenvalue weighted by Gasteiger charge is 2.14. The van der Waals surface area contributed by atoms with E-state index in [1.165, 1.54) is 16.7 Å². The highest BCUT2D eigenvalue weighted by Crippen LogP contribution is 2.17. The Hall–Kier alpha value is -0.900. The number of hydrogen-bond donors (Lipinski definition) is 3. The first kappa shape index (κ1) is 15.2. The van der Waals surface area contributed by atoms with E-state index in [-0.39, 0.29) is 18.2 Å². The number of nitrogens with one attached hydrogen (secondary N) is 1. The summed E-state index contributed by atoms with van der Waals surface area (Å²) in [5.74, 6) is 0. The van der Waals surface area contributed by atoms with Gasteiger partial charge in [0.05, 0.1) is 6.10 Å². The molecule has 0 amide bonds. The Kier molecular flexibility index (Phi) is 5.79. The van der Waals surface area contributed by atoms with Crippen molar-refractivity contribution in [3.63, 3.8) is 0 Å². The van der Waals surface area contributed by atoms with Crippen LogP contribution in [0, 0.1) is 13.8 Å². The summed E-state index contributed by atoms with van der Waals surface area (Å²) >= 11 is 0. The van der Waals surface area contributed by atoms with Crippen LogP contribution in [-0.2, 0) is 0 Å². The van der Waals surface area contributed by atoms with Crippen LogP contribution in [0.2, 0.25) is 0 Å². The van der Waals surface area contributed by atoms with Gasteiger partial charge in [-0.2, -0.15) is 0 Å². The van der Waals surface area contributed by atoms with Crippen LogP contribution >= 0.6 is 0 Å². The van der Waals surface area contributed by atoms with Crippen LogP contribution in [0.25, 0.3) is 0 Å². The molecule has 1 aromatic carbocycles. The van der Waals surface area contributed by atoms with Gasteiger partial charge in [-0.1, -0.05) is 29.3 Å². The van der Waals surface area contributed by atoms with E-state index in [9.17, 15) is 5.11 Å². The van der Waals surface area contributed by atoms with Crippen LogP contribution in [0.3, 0.4) is 0 Å². The number of aliphatic hydroxyl groups is 1. The fourth-order valence-electron chi connectivity index (χ4n) is 2.43. The zero-order valence-corrected chi connectivity index (χ0v) is 11.9. The number of hydrogen-bond acceptors (Lipinski definition) is 3. The second-order valence-electron chi connectivity index (χ2n) is 5.36. The maximum Gasteiger partial charge on any atom is 0.0526 e. The third-order valence-corrected chi connectivity index (χ3v) is 3.06. The summed E-state index contributed by atoms with van der Waals surface area (Å²) in [6.07, 6.45) is 0.451. The molecule has 0 heterocycles. The van der Waals surface area contributed by atoms with E-state index < -0.39 is 0 Å². The molecule has 1 rings (SSSR count). The van der Waals surface area contributed by atoms with Crippen LogP contribution in [0.1, 0.15) is 43.0 Å². The molecule has 0 fully saturated rings. The smallest absolute Gasteiger partial charge is 0.0526 e. The van der Waals surface area contributed by atoms with Crippen LogP contribution in [0.4, 0.5) is 0 Å². The van der Waals surface area contributed by atoms with E-state index in [4.69, 9.17) is 5.73 Å². The molecule has 18 heavy (non-hydrogen) atoms. The third kappa shape index (κ3) is 4.77. The molecule has 1 aromatic rings. The molecule has 0 aliphatic carbocycles. The van der Waals surface area contributed by atoms with Gasteiger partial charge in [0.15, 0.2) is 0 Å². The van der Waals surface area contributed by atoms with Crippen molar-refractivity contribution in [2.24, 2.45) is 5.73 Å². The Morgan fingerprint density at radius 3 is 2.17 bits per heavy atom. The summed E-state index contributed by atoms with van der Waals surface area (Å²) < 4.78 is 0. The van der Waals surface area contributed by atoms with Crippen LogP contribution in [-0.4, -0.2) is 23.8 Å². The third-order valence-electron chi connectivity index (χ3n) is 3.06. The molecule has 0 radical (unpaired) electrons. The normalized spacial score (nSPS) is 16.3. The number of nitrogens with two attached hydrogens (primary N) is 1. The highest BCUT2D eigenvalue weighted by atomic mass is 16.3. The number of aliphatic hydroxyl groups excluding tert-OH is 1. The summed E-state index contributed by atoms with van der Waals surface area (Å²) in [6.45, 7) is 8.66. The van der Waals surface area contributed by atoms with E-state index in [0.717, 1.165) is 6.42 Å². The second kappa shape index (κ2) is 6.88. The molecule has 0 aromatic heterocycles. The quantitative estimate of drug-likeness (QED) is 0.724. The predicted molar refractivity (Wildman–Crippen MR) is 76.6 cm³/mol. The van der Waals surface area contributed by atoms with Gasteiger partial charge in [-0.05, 0) is 39.7 Å². The Balaban J connectivity index is 2.76. The average molecular weight is 250 g/mol. The standard InChI is InChI=1S/C15H26N2O/c1-10-5-11(2)7-14(6-10)15(9-16)17-12(3)8-13(4)18/h5-7,12-13,15,17-18H,8-9,16H2,1-4H3. The van der Waals surface area contributed by atoms with Gasteiger partial charge in [0.1, 0.15) is 0 Å². The van der Waals surface area contributed by atoms with Crippen molar-refractivity contribution in [2.75, 3.05) is 6.54 Å². The van der Waals surface area contributed by atoms with Crippen molar-refractivity contribution in [3.05, 3.63) is 34.9 Å². The number of benzene rings is 1. The van der Waals surface area contributed by atoms with Crippen LogP contribution in [0.5, 0.6) is 0 Å². The van der Waals surface area contributed by atoms with E-state index in [0.29, 0.717) is 6.54 Å². The van der Waals surface area contributed by atoms with Crippen LogP contribution < -0.4 is 11.1 Å². The molecule has 3 heteroatoms. The average Bonchev–Trinajstić information content (AvgIpc) is 2.23. The van der Waals surface area contributed by atoms with E-state index in [1.54, 1.807) is 0 Å². The summed E-state index contributed by atoms with van der Waals surface area (Å²) in [6, 6.07) is 6.91. The van der Waals surface area contributed by atoms with Crippen molar-refractivity contribution in [2.45, 2.75) is 52.3 Å². The van der Waals surface area contributed by atoms with Crippen molar-refractivity contribution in [1.82, 2.24) is 5.32 Å². The molecular weight excluding hydrogens is 224 g/mol. The van der Waals surface area contributed by atoms with Gasteiger partial charge in [-0.25, -0.2) is 0 Å². The Labute approximate surface area is 110 Å². The molecule has 0 bridgehead atoms. The number of aryl methyl sites for hydroxylation is 2. The molecule has 3 nitrogen and oxygen atoms in total. The topological polar surface area (TPSA) is 58.3 Å². The summed E-state index contributed by atoms with van der Waals surface area (Å²) in [7, 11) is 0. The minimum absolute atomic E-state index is 0.150. The first-order chi connectivity index (χ1) is 8.42. The Morgan fingerprint density at radius 2 is 1.72 bits per heavy atom. The fourth-order valence-corrected chi connectivity index (χ4v) is 2.43. The molecule has 4 N–H and O–H groups in total. The maximum atomic E-state index is 9.40. The van der Waals surface area contributed by atoms with E-state index in [2.05, 4.69) is 44.3 Å². The summed E-state index contributed by atoms with van der Waals surface area (Å²) in [4.78, 5) is 0. The zero-order chi connectivity index (χ0) is 13.7. The van der Waals surface area contributed by atoms with Crippen LogP contribution in [0.15, 0.2) is 18.2 Å². The molecule has 3 unspecified atom stereocenters. The number of rotatable bonds is 6. The monoisotopic (exact) mass is 250 g/mol. The van der Waals surface area contributed by atoms with Gasteiger partial charge in [0.2, 0.25) is 0 Å². The fraction of sp³-hybridized carbons (Fsp3) is 0.600. The molecule has 0 spiro atoms.